The monoisotopic (exact) mass is 291 g/mol. The van der Waals surface area contributed by atoms with Crippen molar-refractivity contribution in [1.29, 1.82) is 5.41 Å². The van der Waals surface area contributed by atoms with E-state index in [-0.39, 0.29) is 17.7 Å². The van der Waals surface area contributed by atoms with E-state index in [1.165, 1.54) is 6.42 Å². The molecule has 2 rings (SSSR count). The quantitative estimate of drug-likeness (QED) is 0.592. The van der Waals surface area contributed by atoms with Gasteiger partial charge in [0, 0.05) is 16.6 Å². The minimum absolute atomic E-state index is 0.0904. The third-order valence-corrected chi connectivity index (χ3v) is 4.28. The van der Waals surface area contributed by atoms with Crippen molar-refractivity contribution in [2.45, 2.75) is 56.9 Å². The van der Waals surface area contributed by atoms with E-state index in [9.17, 15) is 4.79 Å². The van der Waals surface area contributed by atoms with Gasteiger partial charge >= 0.3 is 0 Å². The van der Waals surface area contributed by atoms with E-state index in [1.807, 2.05) is 19.9 Å². The van der Waals surface area contributed by atoms with Crippen molar-refractivity contribution >= 4 is 24.2 Å². The average molecular weight is 291 g/mol. The van der Waals surface area contributed by atoms with Crippen molar-refractivity contribution in [3.05, 3.63) is 23.0 Å². The van der Waals surface area contributed by atoms with Crippen LogP contribution in [0.4, 0.5) is 0 Å². The van der Waals surface area contributed by atoms with Crippen molar-refractivity contribution in [1.82, 2.24) is 10.3 Å². The lowest BCUT2D eigenvalue weighted by Crippen LogP contribution is -2.40. The highest BCUT2D eigenvalue weighted by Gasteiger charge is 2.21. The van der Waals surface area contributed by atoms with Gasteiger partial charge in [0.2, 0.25) is 0 Å². The molecule has 20 heavy (non-hydrogen) atoms. The zero-order valence-electron chi connectivity index (χ0n) is 12.0. The lowest BCUT2D eigenvalue weighted by molar-refractivity contribution is -0.115. The number of aromatic nitrogens is 1. The minimum atomic E-state index is -0.343. The number of hydrogen-bond donors (Lipinski definition) is 3. The van der Waals surface area contributed by atoms with Crippen molar-refractivity contribution in [3.8, 4) is 0 Å². The summed E-state index contributed by atoms with van der Waals surface area (Å²) in [7, 11) is 0. The Kier molecular flexibility index (Phi) is 4.81. The molecule has 0 aromatic carbocycles. The van der Waals surface area contributed by atoms with Gasteiger partial charge in [0.15, 0.2) is 0 Å². The van der Waals surface area contributed by atoms with Crippen LogP contribution < -0.4 is 5.32 Å². The molecule has 1 fully saturated rings. The van der Waals surface area contributed by atoms with Gasteiger partial charge in [0.1, 0.15) is 11.4 Å². The second-order valence-electron chi connectivity index (χ2n) is 5.46. The number of nitrogens with one attached hydrogen (secondary N) is 2. The average Bonchev–Trinajstić information content (AvgIpc) is 2.43. The SMILES string of the molecule is Cc1cc(C)c(S)c(C(=N)C(=O)NC2CCCCC2)n1. The number of thiol groups is 1. The van der Waals surface area contributed by atoms with E-state index in [2.05, 4.69) is 22.9 Å². The highest BCUT2D eigenvalue weighted by atomic mass is 32.1. The molecule has 108 valence electrons. The number of nitrogens with zero attached hydrogens (tertiary/aromatic N) is 1. The first-order chi connectivity index (χ1) is 9.49. The number of amides is 1. The third kappa shape index (κ3) is 3.39. The van der Waals surface area contributed by atoms with Crippen molar-refractivity contribution < 1.29 is 4.79 Å². The van der Waals surface area contributed by atoms with Gasteiger partial charge in [-0.05, 0) is 38.3 Å². The fourth-order valence-corrected chi connectivity index (χ4v) is 2.84. The van der Waals surface area contributed by atoms with Crippen molar-refractivity contribution in [2.24, 2.45) is 0 Å². The Morgan fingerprint density at radius 3 is 2.65 bits per heavy atom. The normalized spacial score (nSPS) is 15.9. The fraction of sp³-hybridized carbons (Fsp3) is 0.533. The Morgan fingerprint density at radius 2 is 2.00 bits per heavy atom. The standard InChI is InChI=1S/C15H21N3OS/c1-9-8-10(2)17-13(14(9)20)12(16)15(19)18-11-6-4-3-5-7-11/h8,11,16,20H,3-7H2,1-2H3,(H,18,19). The van der Waals surface area contributed by atoms with E-state index < -0.39 is 0 Å². The number of carbonyl (C=O) groups is 1. The molecule has 1 saturated carbocycles. The molecular weight excluding hydrogens is 270 g/mol. The van der Waals surface area contributed by atoms with Crippen LogP contribution in [-0.4, -0.2) is 22.6 Å². The van der Waals surface area contributed by atoms with Gasteiger partial charge in [-0.2, -0.15) is 0 Å². The molecule has 0 bridgehead atoms. The van der Waals surface area contributed by atoms with E-state index >= 15 is 0 Å². The molecule has 0 saturated heterocycles. The lowest BCUT2D eigenvalue weighted by atomic mass is 9.95. The molecule has 0 spiro atoms. The lowest BCUT2D eigenvalue weighted by Gasteiger charge is -2.23. The molecule has 1 amide bonds. The maximum atomic E-state index is 12.2. The van der Waals surface area contributed by atoms with Crippen LogP contribution in [0.5, 0.6) is 0 Å². The zero-order valence-corrected chi connectivity index (χ0v) is 12.9. The highest BCUT2D eigenvalue weighted by molar-refractivity contribution is 7.80. The molecule has 0 aliphatic heterocycles. The first kappa shape index (κ1) is 15.0. The van der Waals surface area contributed by atoms with Crippen molar-refractivity contribution in [3.63, 3.8) is 0 Å². The topological polar surface area (TPSA) is 65.8 Å². The van der Waals surface area contributed by atoms with Crippen LogP contribution in [0, 0.1) is 19.3 Å². The summed E-state index contributed by atoms with van der Waals surface area (Å²) in [5.74, 6) is -0.343. The molecular formula is C15H21N3OS. The predicted octanol–water partition coefficient (Wildman–Crippen LogP) is 2.80. The van der Waals surface area contributed by atoms with Crippen LogP contribution in [0.15, 0.2) is 11.0 Å². The second-order valence-corrected chi connectivity index (χ2v) is 5.91. The molecule has 0 atom stereocenters. The van der Waals surface area contributed by atoms with Gasteiger partial charge < -0.3 is 5.32 Å². The minimum Gasteiger partial charge on any atom is -0.348 e. The van der Waals surface area contributed by atoms with Gasteiger partial charge in [-0.15, -0.1) is 12.6 Å². The number of hydrogen-bond acceptors (Lipinski definition) is 4. The van der Waals surface area contributed by atoms with E-state index in [4.69, 9.17) is 5.41 Å². The van der Waals surface area contributed by atoms with E-state index in [0.29, 0.717) is 10.6 Å². The molecule has 1 aliphatic carbocycles. The Bertz CT molecular complexity index is 536. The smallest absolute Gasteiger partial charge is 0.271 e. The van der Waals surface area contributed by atoms with Crippen molar-refractivity contribution in [2.75, 3.05) is 0 Å². The third-order valence-electron chi connectivity index (χ3n) is 3.72. The number of rotatable bonds is 3. The van der Waals surface area contributed by atoms with Crippen LogP contribution in [0.25, 0.3) is 0 Å². The maximum absolute atomic E-state index is 12.2. The summed E-state index contributed by atoms with van der Waals surface area (Å²) in [5, 5.41) is 11.0. The Labute approximate surface area is 125 Å². The highest BCUT2D eigenvalue weighted by Crippen LogP contribution is 2.20. The Balaban J connectivity index is 2.12. The molecule has 5 heteroatoms. The largest absolute Gasteiger partial charge is 0.348 e. The Morgan fingerprint density at radius 1 is 1.35 bits per heavy atom. The first-order valence-electron chi connectivity index (χ1n) is 7.06. The zero-order chi connectivity index (χ0) is 14.7. The summed E-state index contributed by atoms with van der Waals surface area (Å²) in [6.45, 7) is 3.77. The second kappa shape index (κ2) is 6.39. The van der Waals surface area contributed by atoms with Gasteiger partial charge in [-0.1, -0.05) is 19.3 Å². The van der Waals surface area contributed by atoms with Gasteiger partial charge in [-0.3, -0.25) is 15.2 Å². The number of pyridine rings is 1. The van der Waals surface area contributed by atoms with Crippen LogP contribution in [0.2, 0.25) is 0 Å². The molecule has 2 N–H and O–H groups in total. The molecule has 0 unspecified atom stereocenters. The van der Waals surface area contributed by atoms with Gasteiger partial charge in [-0.25, -0.2) is 0 Å². The Hall–Kier alpha value is -1.36. The molecule has 0 radical (unpaired) electrons. The van der Waals surface area contributed by atoms with Gasteiger partial charge in [0.25, 0.3) is 5.91 Å². The van der Waals surface area contributed by atoms with Crippen LogP contribution in [0.1, 0.15) is 49.1 Å². The van der Waals surface area contributed by atoms with Gasteiger partial charge in [0.05, 0.1) is 0 Å². The van der Waals surface area contributed by atoms with Crippen LogP contribution in [0.3, 0.4) is 0 Å². The molecule has 4 nitrogen and oxygen atoms in total. The molecule has 1 aliphatic rings. The number of carbonyl (C=O) groups excluding carboxylic acids is 1. The summed E-state index contributed by atoms with van der Waals surface area (Å²) in [6.07, 6.45) is 5.55. The summed E-state index contributed by atoms with van der Waals surface area (Å²) in [4.78, 5) is 17.1. The fourth-order valence-electron chi connectivity index (χ4n) is 2.62. The summed E-state index contributed by atoms with van der Waals surface area (Å²) in [6, 6.07) is 2.10. The van der Waals surface area contributed by atoms with E-state index in [0.717, 1.165) is 36.9 Å². The predicted molar refractivity (Wildman–Crippen MR) is 82.8 cm³/mol. The maximum Gasteiger partial charge on any atom is 0.271 e. The molecule has 1 aromatic rings. The van der Waals surface area contributed by atoms with Crippen LogP contribution in [-0.2, 0) is 4.79 Å². The summed E-state index contributed by atoms with van der Waals surface area (Å²) in [5.41, 5.74) is 2.02. The van der Waals surface area contributed by atoms with E-state index in [1.54, 1.807) is 0 Å². The number of aryl methyl sites for hydroxylation is 2. The van der Waals surface area contributed by atoms with Crippen LogP contribution >= 0.6 is 12.6 Å². The molecule has 1 aromatic heterocycles. The molecule has 1 heterocycles. The summed E-state index contributed by atoms with van der Waals surface area (Å²) >= 11 is 4.38. The summed E-state index contributed by atoms with van der Waals surface area (Å²) < 4.78 is 0. The first-order valence-corrected chi connectivity index (χ1v) is 7.50.